The fourth-order valence-corrected chi connectivity index (χ4v) is 0.964. The van der Waals surface area contributed by atoms with Crippen molar-refractivity contribution in [1.82, 2.24) is 9.55 Å². The van der Waals surface area contributed by atoms with Crippen molar-refractivity contribution in [1.29, 1.82) is 0 Å². The predicted molar refractivity (Wildman–Crippen MR) is 125 cm³/mol. The summed E-state index contributed by atoms with van der Waals surface area (Å²) < 4.78 is 116. The summed E-state index contributed by atoms with van der Waals surface area (Å²) in [6.07, 6.45) is 8.26. The van der Waals surface area contributed by atoms with Gasteiger partial charge in [0.05, 0.1) is 0 Å². The highest BCUT2D eigenvalue weighted by atomic mass is 31.2. The third-order valence-electron chi connectivity index (χ3n) is 1.45. The Morgan fingerprint density at radius 2 is 0.805 bits per heavy atom. The van der Waals surface area contributed by atoms with Crippen molar-refractivity contribution >= 4 is 47.4 Å². The van der Waals surface area contributed by atoms with Crippen LogP contribution in [0.5, 0.6) is 0 Å². The van der Waals surface area contributed by atoms with E-state index in [-0.39, 0.29) is 0 Å². The third kappa shape index (κ3) is 235. The molecule has 0 aliphatic heterocycles. The van der Waals surface area contributed by atoms with Crippen LogP contribution in [-0.4, -0.2) is 68.3 Å². The zero-order chi connectivity index (χ0) is 35.1. The molecule has 0 amide bonds. The Morgan fingerprint density at radius 1 is 0.585 bits per heavy atom. The molecule has 0 atom stereocenters. The van der Waals surface area contributed by atoms with Gasteiger partial charge < -0.3 is 4.57 Å². The fourth-order valence-electron chi connectivity index (χ4n) is 0.964. The monoisotopic (exact) mass is 748 g/mol. The number of allylic oxidation sites excluding steroid dienone is 2. The SMILES string of the molecule is C=CCc1nccn1CC=C.O=P(O)(O)F.O=P(O)(O)F.O=P(O)(O)F.O=P(O)(O)F.O=P(O)(O)F.O=P(O)(O)F. The molecule has 0 fully saturated rings. The van der Waals surface area contributed by atoms with Crippen molar-refractivity contribution in [2.24, 2.45) is 0 Å². The van der Waals surface area contributed by atoms with Crippen LogP contribution in [0.25, 0.3) is 0 Å². The van der Waals surface area contributed by atoms with E-state index in [1.54, 1.807) is 6.20 Å². The summed E-state index contributed by atoms with van der Waals surface area (Å²) in [5.74, 6) is 1.04. The highest BCUT2D eigenvalue weighted by Gasteiger charge is 2.07. The minimum atomic E-state index is -5.14. The first-order valence-corrected chi connectivity index (χ1v) is 17.1. The van der Waals surface area contributed by atoms with Crippen LogP contribution >= 0.6 is 47.4 Å². The van der Waals surface area contributed by atoms with Crippen LogP contribution in [0, 0.1) is 0 Å². The van der Waals surface area contributed by atoms with Crippen LogP contribution < -0.4 is 0 Å². The van der Waals surface area contributed by atoms with Crippen molar-refractivity contribution in [3.63, 3.8) is 0 Å². The second kappa shape index (κ2) is 24.6. The Hall–Kier alpha value is -0.830. The summed E-state index contributed by atoms with van der Waals surface area (Å²) in [5.41, 5.74) is 0. The Balaban J connectivity index is -0.0000000904. The fraction of sp³-hybridized carbons (Fsp3) is 0.222. The number of aromatic nitrogens is 2. The molecular formula is C9H24F6N2O18P6. The van der Waals surface area contributed by atoms with Gasteiger partial charge in [0.1, 0.15) is 5.82 Å². The molecule has 1 heterocycles. The summed E-state index contributed by atoms with van der Waals surface area (Å²) in [6.45, 7) is 8.14. The smallest absolute Gasteiger partial charge is 0.331 e. The van der Waals surface area contributed by atoms with Gasteiger partial charge in [-0.1, -0.05) is 12.2 Å². The highest BCUT2D eigenvalue weighted by Crippen LogP contribution is 2.37. The molecule has 0 aromatic carbocycles. The zero-order valence-electron chi connectivity index (χ0n) is 19.3. The van der Waals surface area contributed by atoms with Crippen LogP contribution in [0.3, 0.4) is 0 Å². The van der Waals surface area contributed by atoms with E-state index in [1.165, 1.54) is 0 Å². The number of nitrogens with zero attached hydrogens (tertiary/aromatic N) is 2. The number of rotatable bonds is 4. The standard InChI is InChI=1S/C9H12N2.6FH2O3P/c1-3-5-9-10-6-8-11(9)7-4-2;6*1-5(2,3)4/h3-4,6,8H,1-2,5,7H2;6*(H2,2,3,4). The largest absolute Gasteiger partial charge is 0.507 e. The maximum absolute atomic E-state index is 10.4. The Bertz CT molecular complexity index is 887. The molecule has 12 N–H and O–H groups in total. The maximum Gasteiger partial charge on any atom is 0.507 e. The lowest BCUT2D eigenvalue weighted by atomic mass is 10.4. The summed E-state index contributed by atoms with van der Waals surface area (Å²) in [7, 11) is -30.8. The normalized spacial score (nSPS) is 11.2. The summed E-state index contributed by atoms with van der Waals surface area (Å²) >= 11 is 0. The van der Waals surface area contributed by atoms with Crippen molar-refractivity contribution < 1.29 is 111 Å². The van der Waals surface area contributed by atoms with Gasteiger partial charge in [0.2, 0.25) is 0 Å². The minimum Gasteiger partial charge on any atom is -0.331 e. The number of hydrogen-bond acceptors (Lipinski definition) is 7. The molecule has 41 heavy (non-hydrogen) atoms. The Kier molecular flexibility index (Phi) is 31.7. The average molecular weight is 748 g/mol. The van der Waals surface area contributed by atoms with Gasteiger partial charge in [-0.25, -0.2) is 32.4 Å². The Labute approximate surface area is 225 Å². The second-order valence-corrected chi connectivity index (χ2v) is 10.8. The van der Waals surface area contributed by atoms with Gasteiger partial charge in [0.25, 0.3) is 0 Å². The quantitative estimate of drug-likeness (QED) is 0.119. The lowest BCUT2D eigenvalue weighted by Crippen LogP contribution is -1.99. The molecule has 0 radical (unpaired) electrons. The summed E-state index contributed by atoms with van der Waals surface area (Å²) in [5, 5.41) is 0. The molecule has 0 spiro atoms. The number of hydrogen-bond donors (Lipinski definition) is 12. The van der Waals surface area contributed by atoms with Gasteiger partial charge in [-0.2, -0.15) is 0 Å². The minimum absolute atomic E-state index is 0.820. The van der Waals surface area contributed by atoms with E-state index in [9.17, 15) is 25.2 Å². The lowest BCUT2D eigenvalue weighted by molar-refractivity contribution is 0.320. The van der Waals surface area contributed by atoms with Crippen LogP contribution in [-0.2, 0) is 40.4 Å². The number of imidazole rings is 1. The van der Waals surface area contributed by atoms with Gasteiger partial charge in [-0.3, -0.25) is 58.7 Å². The first-order chi connectivity index (χ1) is 17.4. The molecular weight excluding hydrogens is 724 g/mol. The van der Waals surface area contributed by atoms with Crippen molar-refractivity contribution in [3.05, 3.63) is 43.5 Å². The Morgan fingerprint density at radius 3 is 0.976 bits per heavy atom. The van der Waals surface area contributed by atoms with E-state index in [1.807, 2.05) is 18.3 Å². The van der Waals surface area contributed by atoms with E-state index < -0.39 is 47.4 Å². The average Bonchev–Trinajstić information content (AvgIpc) is 2.93. The predicted octanol–water partition coefficient (Wildman–Crippen LogP) is 2.09. The molecule has 0 aliphatic carbocycles. The van der Waals surface area contributed by atoms with E-state index in [0.717, 1.165) is 18.8 Å². The van der Waals surface area contributed by atoms with Crippen molar-refractivity contribution in [2.75, 3.05) is 0 Å². The van der Waals surface area contributed by atoms with Crippen LogP contribution in [0.4, 0.5) is 25.2 Å². The van der Waals surface area contributed by atoms with Crippen LogP contribution in [0.15, 0.2) is 37.7 Å². The molecule has 1 aromatic rings. The van der Waals surface area contributed by atoms with Crippen molar-refractivity contribution in [3.8, 4) is 0 Å². The highest BCUT2D eigenvalue weighted by molar-refractivity contribution is 7.46. The number of halogens is 6. The maximum atomic E-state index is 10.4. The lowest BCUT2D eigenvalue weighted by Gasteiger charge is -2.00. The van der Waals surface area contributed by atoms with Crippen molar-refractivity contribution in [2.45, 2.75) is 13.0 Å². The molecule has 20 nitrogen and oxygen atoms in total. The van der Waals surface area contributed by atoms with Crippen LogP contribution in [0.1, 0.15) is 5.82 Å². The van der Waals surface area contributed by atoms with Crippen LogP contribution in [0.2, 0.25) is 0 Å². The molecule has 0 bridgehead atoms. The molecule has 1 aromatic heterocycles. The zero-order valence-corrected chi connectivity index (χ0v) is 24.7. The van der Waals surface area contributed by atoms with E-state index in [0.29, 0.717) is 0 Å². The topological polar surface area (TPSA) is 363 Å². The first kappa shape index (κ1) is 52.8. The molecule has 0 unspecified atom stereocenters. The van der Waals surface area contributed by atoms with Gasteiger partial charge in [0.15, 0.2) is 0 Å². The van der Waals surface area contributed by atoms with Gasteiger partial charge in [-0.15, -0.1) is 38.3 Å². The van der Waals surface area contributed by atoms with E-state index in [2.05, 4.69) is 22.7 Å². The molecule has 0 saturated heterocycles. The molecule has 0 saturated carbocycles. The first-order valence-electron chi connectivity index (χ1n) is 8.11. The van der Waals surface area contributed by atoms with Gasteiger partial charge >= 0.3 is 47.4 Å². The summed E-state index contributed by atoms with van der Waals surface area (Å²) in [4.78, 5) is 87.8. The summed E-state index contributed by atoms with van der Waals surface area (Å²) in [6, 6.07) is 0. The third-order valence-corrected chi connectivity index (χ3v) is 1.45. The molecule has 32 heteroatoms. The molecule has 0 aliphatic rings. The van der Waals surface area contributed by atoms with E-state index >= 15 is 0 Å². The molecule has 250 valence electrons. The second-order valence-electron chi connectivity index (χ2n) is 5.11. The molecule has 1 rings (SSSR count). The van der Waals surface area contributed by atoms with E-state index in [4.69, 9.17) is 86.1 Å². The van der Waals surface area contributed by atoms with Gasteiger partial charge in [0, 0.05) is 25.4 Å². The van der Waals surface area contributed by atoms with Gasteiger partial charge in [-0.05, 0) is 0 Å².